The molecular formula is C15H18N2O3. The number of carboxylic acids is 1. The molecule has 0 amide bonds. The Morgan fingerprint density at radius 1 is 1.35 bits per heavy atom. The molecule has 20 heavy (non-hydrogen) atoms. The molecule has 0 saturated heterocycles. The van der Waals surface area contributed by atoms with Crippen LogP contribution < -0.4 is 5.32 Å². The molecule has 2 aromatic heterocycles. The molecule has 1 atom stereocenters. The molecule has 0 aromatic carbocycles. The van der Waals surface area contributed by atoms with Gasteiger partial charge in [0.15, 0.2) is 0 Å². The van der Waals surface area contributed by atoms with Crippen LogP contribution in [0, 0.1) is 20.8 Å². The molecular weight excluding hydrogens is 256 g/mol. The summed E-state index contributed by atoms with van der Waals surface area (Å²) in [6.07, 6.45) is 0. The zero-order valence-electron chi connectivity index (χ0n) is 12.0. The van der Waals surface area contributed by atoms with Gasteiger partial charge in [-0.25, -0.2) is 9.78 Å². The highest BCUT2D eigenvalue weighted by Crippen LogP contribution is 2.24. The van der Waals surface area contributed by atoms with E-state index in [1.807, 2.05) is 26.8 Å². The van der Waals surface area contributed by atoms with Crippen LogP contribution in [-0.4, -0.2) is 16.1 Å². The van der Waals surface area contributed by atoms with E-state index in [1.54, 1.807) is 19.1 Å². The summed E-state index contributed by atoms with van der Waals surface area (Å²) in [5.41, 5.74) is 1.79. The maximum Gasteiger partial charge on any atom is 0.337 e. The molecule has 2 heterocycles. The topological polar surface area (TPSA) is 75.4 Å². The van der Waals surface area contributed by atoms with Crippen LogP contribution >= 0.6 is 0 Å². The van der Waals surface area contributed by atoms with Crippen molar-refractivity contribution in [1.29, 1.82) is 0 Å². The van der Waals surface area contributed by atoms with Gasteiger partial charge in [0.1, 0.15) is 17.3 Å². The monoisotopic (exact) mass is 274 g/mol. The molecule has 5 heteroatoms. The fourth-order valence-corrected chi connectivity index (χ4v) is 2.25. The minimum absolute atomic E-state index is 0.0371. The number of hydrogen-bond acceptors (Lipinski definition) is 4. The van der Waals surface area contributed by atoms with Crippen molar-refractivity contribution in [1.82, 2.24) is 4.98 Å². The van der Waals surface area contributed by atoms with Crippen LogP contribution in [0.5, 0.6) is 0 Å². The predicted octanol–water partition coefficient (Wildman–Crippen LogP) is 3.47. The third kappa shape index (κ3) is 2.82. The van der Waals surface area contributed by atoms with E-state index in [1.165, 1.54) is 0 Å². The smallest absolute Gasteiger partial charge is 0.337 e. The van der Waals surface area contributed by atoms with E-state index < -0.39 is 5.97 Å². The first-order chi connectivity index (χ1) is 9.38. The van der Waals surface area contributed by atoms with Crippen molar-refractivity contribution in [3.05, 3.63) is 46.5 Å². The molecule has 2 rings (SSSR count). The molecule has 1 unspecified atom stereocenters. The van der Waals surface area contributed by atoms with Crippen LogP contribution in [0.25, 0.3) is 0 Å². The van der Waals surface area contributed by atoms with E-state index in [0.29, 0.717) is 11.5 Å². The number of pyridine rings is 1. The lowest BCUT2D eigenvalue weighted by Crippen LogP contribution is -2.10. The van der Waals surface area contributed by atoms with Crippen LogP contribution in [0.15, 0.2) is 22.6 Å². The van der Waals surface area contributed by atoms with Crippen LogP contribution in [0.1, 0.15) is 46.1 Å². The summed E-state index contributed by atoms with van der Waals surface area (Å²) in [7, 11) is 0. The van der Waals surface area contributed by atoms with Crippen molar-refractivity contribution in [2.45, 2.75) is 33.7 Å². The summed E-state index contributed by atoms with van der Waals surface area (Å²) >= 11 is 0. The molecule has 0 spiro atoms. The summed E-state index contributed by atoms with van der Waals surface area (Å²) in [5, 5.41) is 12.2. The van der Waals surface area contributed by atoms with Gasteiger partial charge in [0.05, 0.1) is 17.3 Å². The Morgan fingerprint density at radius 3 is 2.55 bits per heavy atom. The van der Waals surface area contributed by atoms with Gasteiger partial charge in [-0.15, -0.1) is 0 Å². The first-order valence-corrected chi connectivity index (χ1v) is 6.43. The number of aromatic nitrogens is 1. The normalized spacial score (nSPS) is 12.2. The number of aromatic carboxylic acids is 1. The summed E-state index contributed by atoms with van der Waals surface area (Å²) in [6, 6.07) is 5.27. The summed E-state index contributed by atoms with van der Waals surface area (Å²) in [5.74, 6) is 1.44. The Hall–Kier alpha value is -2.30. The van der Waals surface area contributed by atoms with E-state index in [9.17, 15) is 4.79 Å². The van der Waals surface area contributed by atoms with Gasteiger partial charge in [-0.3, -0.25) is 0 Å². The molecule has 0 aliphatic heterocycles. The number of nitrogens with one attached hydrogen (secondary N) is 1. The zero-order chi connectivity index (χ0) is 14.9. The number of furan rings is 1. The van der Waals surface area contributed by atoms with Crippen molar-refractivity contribution >= 4 is 11.8 Å². The molecule has 0 bridgehead atoms. The molecule has 0 saturated carbocycles. The Morgan fingerprint density at radius 2 is 2.05 bits per heavy atom. The lowest BCUT2D eigenvalue weighted by atomic mass is 10.1. The molecule has 0 aliphatic rings. The van der Waals surface area contributed by atoms with Gasteiger partial charge in [0, 0.05) is 5.56 Å². The maximum atomic E-state index is 11.0. The van der Waals surface area contributed by atoms with Crippen LogP contribution in [0.4, 0.5) is 5.82 Å². The third-order valence-corrected chi connectivity index (χ3v) is 3.23. The minimum atomic E-state index is -0.962. The summed E-state index contributed by atoms with van der Waals surface area (Å²) in [4.78, 5) is 15.2. The highest BCUT2D eigenvalue weighted by molar-refractivity contribution is 5.89. The van der Waals surface area contributed by atoms with Gasteiger partial charge in [0.2, 0.25) is 0 Å². The number of aryl methyl sites for hydroxylation is 3. The number of anilines is 1. The summed E-state index contributed by atoms with van der Waals surface area (Å²) < 4.78 is 5.51. The van der Waals surface area contributed by atoms with Gasteiger partial charge in [0.25, 0.3) is 0 Å². The average molecular weight is 274 g/mol. The first-order valence-electron chi connectivity index (χ1n) is 6.43. The molecule has 2 aromatic rings. The van der Waals surface area contributed by atoms with Gasteiger partial charge in [-0.1, -0.05) is 0 Å². The van der Waals surface area contributed by atoms with E-state index >= 15 is 0 Å². The Bertz CT molecular complexity index is 647. The van der Waals surface area contributed by atoms with E-state index in [2.05, 4.69) is 10.3 Å². The number of rotatable bonds is 4. The highest BCUT2D eigenvalue weighted by atomic mass is 16.4. The second-order valence-electron chi connectivity index (χ2n) is 4.87. The maximum absolute atomic E-state index is 11.0. The lowest BCUT2D eigenvalue weighted by Gasteiger charge is -2.14. The van der Waals surface area contributed by atoms with Gasteiger partial charge in [-0.2, -0.15) is 0 Å². The number of nitrogens with zero attached hydrogens (tertiary/aromatic N) is 1. The Balaban J connectivity index is 2.20. The highest BCUT2D eigenvalue weighted by Gasteiger charge is 2.14. The largest absolute Gasteiger partial charge is 0.478 e. The standard InChI is InChI=1S/C15H18N2O3/c1-8-7-13(11(4)20-8)10(3)17-14-6-5-12(15(18)19)9(2)16-14/h5-7,10H,1-4H3,(H,16,17)(H,18,19). The molecule has 0 radical (unpaired) electrons. The SMILES string of the molecule is Cc1cc(C(C)Nc2ccc(C(=O)O)c(C)n2)c(C)o1. The van der Waals surface area contributed by atoms with Gasteiger partial charge in [-0.05, 0) is 45.9 Å². The number of hydrogen-bond donors (Lipinski definition) is 2. The molecule has 106 valence electrons. The summed E-state index contributed by atoms with van der Waals surface area (Å²) in [6.45, 7) is 7.53. The van der Waals surface area contributed by atoms with Gasteiger partial charge >= 0.3 is 5.97 Å². The van der Waals surface area contributed by atoms with Crippen molar-refractivity contribution in [3.8, 4) is 0 Å². The molecule has 0 fully saturated rings. The van der Waals surface area contributed by atoms with E-state index in [4.69, 9.17) is 9.52 Å². The van der Waals surface area contributed by atoms with Crippen molar-refractivity contribution in [3.63, 3.8) is 0 Å². The quantitative estimate of drug-likeness (QED) is 0.892. The zero-order valence-corrected chi connectivity index (χ0v) is 12.0. The van der Waals surface area contributed by atoms with Crippen LogP contribution in [-0.2, 0) is 0 Å². The fourth-order valence-electron chi connectivity index (χ4n) is 2.25. The van der Waals surface area contributed by atoms with Crippen molar-refractivity contribution in [2.75, 3.05) is 5.32 Å². The van der Waals surface area contributed by atoms with E-state index in [-0.39, 0.29) is 11.6 Å². The minimum Gasteiger partial charge on any atom is -0.478 e. The van der Waals surface area contributed by atoms with Crippen molar-refractivity contribution in [2.24, 2.45) is 0 Å². The van der Waals surface area contributed by atoms with Gasteiger partial charge < -0.3 is 14.8 Å². The fraction of sp³-hybridized carbons (Fsp3) is 0.333. The van der Waals surface area contributed by atoms with Crippen molar-refractivity contribution < 1.29 is 14.3 Å². The average Bonchev–Trinajstić information content (AvgIpc) is 2.68. The molecule has 5 nitrogen and oxygen atoms in total. The lowest BCUT2D eigenvalue weighted by molar-refractivity contribution is 0.0695. The number of carboxylic acid groups (broad SMARTS) is 1. The Labute approximate surface area is 117 Å². The first kappa shape index (κ1) is 14.1. The Kier molecular flexibility index (Phi) is 3.79. The second kappa shape index (κ2) is 5.36. The molecule has 2 N–H and O–H groups in total. The second-order valence-corrected chi connectivity index (χ2v) is 4.87. The third-order valence-electron chi connectivity index (χ3n) is 3.23. The number of carbonyl (C=O) groups is 1. The van der Waals surface area contributed by atoms with Crippen LogP contribution in [0.3, 0.4) is 0 Å². The van der Waals surface area contributed by atoms with Crippen LogP contribution in [0.2, 0.25) is 0 Å². The van der Waals surface area contributed by atoms with E-state index in [0.717, 1.165) is 17.1 Å². The predicted molar refractivity (Wildman–Crippen MR) is 76.2 cm³/mol. The molecule has 0 aliphatic carbocycles.